The summed E-state index contributed by atoms with van der Waals surface area (Å²) in [7, 11) is -2.23. The van der Waals surface area contributed by atoms with Gasteiger partial charge in [0.2, 0.25) is 10.0 Å². The molecule has 1 heterocycles. The molecule has 0 fully saturated rings. The molecule has 0 spiro atoms. The Morgan fingerprint density at radius 1 is 1.36 bits per heavy atom. The van der Waals surface area contributed by atoms with E-state index in [-0.39, 0.29) is 11.4 Å². The molecule has 0 amide bonds. The van der Waals surface area contributed by atoms with Gasteiger partial charge in [0.15, 0.2) is 0 Å². The van der Waals surface area contributed by atoms with E-state index < -0.39 is 15.6 Å². The van der Waals surface area contributed by atoms with Gasteiger partial charge < -0.3 is 14.3 Å². The van der Waals surface area contributed by atoms with E-state index in [2.05, 4.69) is 4.72 Å². The summed E-state index contributed by atoms with van der Waals surface area (Å²) in [6.07, 6.45) is 1.42. The van der Waals surface area contributed by atoms with Gasteiger partial charge in [-0.1, -0.05) is 0 Å². The third-order valence-electron chi connectivity index (χ3n) is 3.33. The van der Waals surface area contributed by atoms with Crippen molar-refractivity contribution in [3.05, 3.63) is 47.9 Å². The second-order valence-electron chi connectivity index (χ2n) is 5.21. The number of aryl methyl sites for hydroxylation is 1. The molecule has 2 N–H and O–H groups in total. The summed E-state index contributed by atoms with van der Waals surface area (Å²) >= 11 is 0. The molecule has 1 atom stereocenters. The van der Waals surface area contributed by atoms with Crippen LogP contribution in [0.4, 0.5) is 0 Å². The van der Waals surface area contributed by atoms with Gasteiger partial charge in [-0.05, 0) is 49.7 Å². The summed E-state index contributed by atoms with van der Waals surface area (Å²) in [5.74, 6) is 0.876. The minimum atomic E-state index is -3.75. The average molecular weight is 325 g/mol. The molecule has 7 heteroatoms. The van der Waals surface area contributed by atoms with E-state index in [1.54, 1.807) is 31.2 Å². The lowest BCUT2D eigenvalue weighted by atomic mass is 10.1. The number of methoxy groups -OCH3 is 1. The Labute approximate surface area is 129 Å². The van der Waals surface area contributed by atoms with Crippen molar-refractivity contribution >= 4 is 10.0 Å². The maximum absolute atomic E-state index is 12.4. The number of sulfonamides is 1. The number of furan rings is 1. The fourth-order valence-electron chi connectivity index (χ4n) is 2.04. The molecular weight excluding hydrogens is 306 g/mol. The highest BCUT2D eigenvalue weighted by atomic mass is 32.2. The lowest BCUT2D eigenvalue weighted by molar-refractivity contribution is 0.0395. The van der Waals surface area contributed by atoms with Gasteiger partial charge in [0.25, 0.3) is 0 Å². The Hall–Kier alpha value is -1.83. The lowest BCUT2D eigenvalue weighted by Gasteiger charge is -2.21. The van der Waals surface area contributed by atoms with Gasteiger partial charge >= 0.3 is 0 Å². The van der Waals surface area contributed by atoms with Crippen LogP contribution in [-0.4, -0.2) is 27.2 Å². The zero-order valence-corrected chi connectivity index (χ0v) is 13.5. The van der Waals surface area contributed by atoms with Crippen LogP contribution in [-0.2, 0) is 15.6 Å². The highest BCUT2D eigenvalue weighted by Crippen LogP contribution is 2.23. The van der Waals surface area contributed by atoms with Gasteiger partial charge in [0.05, 0.1) is 18.3 Å². The summed E-state index contributed by atoms with van der Waals surface area (Å²) in [5.41, 5.74) is -0.874. The Kier molecular flexibility index (Phi) is 4.60. The van der Waals surface area contributed by atoms with E-state index in [1.807, 2.05) is 0 Å². The molecule has 120 valence electrons. The standard InChI is InChI=1S/C15H19NO5S/c1-11-9-12(20-3)6-7-13(11)22(18,19)16-10-15(2,17)14-5-4-8-21-14/h4-9,16-17H,10H2,1-3H3. The van der Waals surface area contributed by atoms with E-state index in [0.29, 0.717) is 17.1 Å². The first kappa shape index (κ1) is 16.5. The molecule has 1 unspecified atom stereocenters. The SMILES string of the molecule is COc1ccc(S(=O)(=O)NCC(C)(O)c2ccco2)c(C)c1. The molecule has 0 radical (unpaired) electrons. The number of hydrogen-bond donors (Lipinski definition) is 2. The molecule has 1 aromatic carbocycles. The van der Waals surface area contributed by atoms with Crippen LogP contribution in [0.3, 0.4) is 0 Å². The smallest absolute Gasteiger partial charge is 0.240 e. The third-order valence-corrected chi connectivity index (χ3v) is 4.89. The topological polar surface area (TPSA) is 88.8 Å². The Balaban J connectivity index is 2.18. The molecule has 22 heavy (non-hydrogen) atoms. The molecule has 1 aromatic heterocycles. The minimum Gasteiger partial charge on any atom is -0.497 e. The molecule has 0 saturated heterocycles. The number of benzene rings is 1. The van der Waals surface area contributed by atoms with E-state index in [9.17, 15) is 13.5 Å². The monoisotopic (exact) mass is 325 g/mol. The Morgan fingerprint density at radius 3 is 2.64 bits per heavy atom. The second kappa shape index (κ2) is 6.12. The molecule has 0 aliphatic carbocycles. The van der Waals surface area contributed by atoms with E-state index in [4.69, 9.17) is 9.15 Å². The number of ether oxygens (including phenoxy) is 1. The second-order valence-corrected chi connectivity index (χ2v) is 6.94. The number of rotatable bonds is 6. The van der Waals surface area contributed by atoms with Gasteiger partial charge in [-0.15, -0.1) is 0 Å². The van der Waals surface area contributed by atoms with Gasteiger partial charge in [0.1, 0.15) is 17.1 Å². The molecule has 6 nitrogen and oxygen atoms in total. The molecule has 0 aliphatic rings. The van der Waals surface area contributed by atoms with Crippen LogP contribution in [0.5, 0.6) is 5.75 Å². The van der Waals surface area contributed by atoms with Crippen LogP contribution in [0.1, 0.15) is 18.2 Å². The van der Waals surface area contributed by atoms with Crippen LogP contribution in [0.2, 0.25) is 0 Å². The maximum Gasteiger partial charge on any atom is 0.240 e. The van der Waals surface area contributed by atoms with Gasteiger partial charge in [-0.25, -0.2) is 13.1 Å². The van der Waals surface area contributed by atoms with E-state index >= 15 is 0 Å². The first-order valence-electron chi connectivity index (χ1n) is 6.67. The van der Waals surface area contributed by atoms with Crippen LogP contribution in [0.15, 0.2) is 45.9 Å². The summed E-state index contributed by atoms with van der Waals surface area (Å²) in [6.45, 7) is 2.96. The Morgan fingerprint density at radius 2 is 2.09 bits per heavy atom. The molecule has 2 aromatic rings. The molecule has 0 bridgehead atoms. The van der Waals surface area contributed by atoms with Crippen LogP contribution < -0.4 is 9.46 Å². The average Bonchev–Trinajstić information content (AvgIpc) is 3.00. The van der Waals surface area contributed by atoms with Crippen molar-refractivity contribution in [3.8, 4) is 5.75 Å². The van der Waals surface area contributed by atoms with Crippen LogP contribution in [0.25, 0.3) is 0 Å². The van der Waals surface area contributed by atoms with Crippen LogP contribution >= 0.6 is 0 Å². The van der Waals surface area contributed by atoms with Gasteiger partial charge in [-0.2, -0.15) is 0 Å². The largest absolute Gasteiger partial charge is 0.497 e. The van der Waals surface area contributed by atoms with Gasteiger partial charge in [0, 0.05) is 6.54 Å². The fraction of sp³-hybridized carbons (Fsp3) is 0.333. The first-order chi connectivity index (χ1) is 10.3. The van der Waals surface area contributed by atoms with Crippen molar-refractivity contribution in [3.63, 3.8) is 0 Å². The third kappa shape index (κ3) is 3.49. The van der Waals surface area contributed by atoms with Crippen LogP contribution in [0, 0.1) is 6.92 Å². The number of aliphatic hydroxyl groups is 1. The van der Waals surface area contributed by atoms with Crippen molar-refractivity contribution in [2.45, 2.75) is 24.3 Å². The predicted octanol–water partition coefficient (Wildman–Crippen LogP) is 1.78. The summed E-state index contributed by atoms with van der Waals surface area (Å²) in [5, 5.41) is 10.3. The zero-order valence-electron chi connectivity index (χ0n) is 12.7. The summed E-state index contributed by atoms with van der Waals surface area (Å²) in [4.78, 5) is 0.142. The number of nitrogens with one attached hydrogen (secondary N) is 1. The van der Waals surface area contributed by atoms with Crippen molar-refractivity contribution in [2.24, 2.45) is 0 Å². The van der Waals surface area contributed by atoms with E-state index in [1.165, 1.54) is 26.4 Å². The van der Waals surface area contributed by atoms with Crippen molar-refractivity contribution < 1.29 is 22.7 Å². The van der Waals surface area contributed by atoms with Crippen molar-refractivity contribution in [1.29, 1.82) is 0 Å². The predicted molar refractivity (Wildman–Crippen MR) is 81.2 cm³/mol. The fourth-order valence-corrected chi connectivity index (χ4v) is 3.39. The lowest BCUT2D eigenvalue weighted by Crippen LogP contribution is -2.38. The molecule has 0 saturated carbocycles. The quantitative estimate of drug-likeness (QED) is 0.845. The summed E-state index contributed by atoms with van der Waals surface area (Å²) in [6, 6.07) is 7.91. The highest BCUT2D eigenvalue weighted by Gasteiger charge is 2.29. The first-order valence-corrected chi connectivity index (χ1v) is 8.15. The molecular formula is C15H19NO5S. The Bertz CT molecular complexity index is 735. The van der Waals surface area contributed by atoms with Crippen molar-refractivity contribution in [1.82, 2.24) is 4.72 Å². The maximum atomic E-state index is 12.4. The summed E-state index contributed by atoms with van der Waals surface area (Å²) < 4.78 is 37.3. The van der Waals surface area contributed by atoms with Crippen molar-refractivity contribution in [2.75, 3.05) is 13.7 Å². The van der Waals surface area contributed by atoms with E-state index in [0.717, 1.165) is 0 Å². The zero-order chi connectivity index (χ0) is 16.4. The minimum absolute atomic E-state index is 0.142. The number of hydrogen-bond acceptors (Lipinski definition) is 5. The highest BCUT2D eigenvalue weighted by molar-refractivity contribution is 7.89. The normalized spacial score (nSPS) is 14.5. The van der Waals surface area contributed by atoms with Gasteiger partial charge in [-0.3, -0.25) is 0 Å². The molecule has 0 aliphatic heterocycles. The molecule has 2 rings (SSSR count).